The quantitative estimate of drug-likeness (QED) is 0.520. The summed E-state index contributed by atoms with van der Waals surface area (Å²) in [6.07, 6.45) is -2.00. The largest absolute Gasteiger partial charge is 0.573 e. The summed E-state index contributed by atoms with van der Waals surface area (Å²) in [5.41, 5.74) is 1.46. The highest BCUT2D eigenvalue weighted by molar-refractivity contribution is 5.74. The summed E-state index contributed by atoms with van der Waals surface area (Å²) in [6.45, 7) is 5.53. The Balaban J connectivity index is 1.32. The van der Waals surface area contributed by atoms with Gasteiger partial charge in [0.1, 0.15) is 11.6 Å². The van der Waals surface area contributed by atoms with Gasteiger partial charge in [-0.1, -0.05) is 18.2 Å². The van der Waals surface area contributed by atoms with E-state index in [1.54, 1.807) is 35.2 Å². The van der Waals surface area contributed by atoms with Crippen molar-refractivity contribution in [1.82, 2.24) is 9.80 Å². The van der Waals surface area contributed by atoms with E-state index in [4.69, 9.17) is 0 Å². The fourth-order valence-corrected chi connectivity index (χ4v) is 4.94. The van der Waals surface area contributed by atoms with Crippen molar-refractivity contribution < 1.29 is 27.1 Å². The molecule has 0 radical (unpaired) electrons. The first kappa shape index (κ1) is 24.2. The van der Waals surface area contributed by atoms with Crippen LogP contribution in [0.4, 0.5) is 28.0 Å². The van der Waals surface area contributed by atoms with Crippen LogP contribution in [0.15, 0.2) is 48.5 Å². The van der Waals surface area contributed by atoms with Crippen molar-refractivity contribution in [1.29, 1.82) is 0 Å². The molecular formula is C25H29F4N3O2. The topological polar surface area (TPSA) is 36.0 Å². The lowest BCUT2D eigenvalue weighted by atomic mass is 9.78. The molecule has 0 bridgehead atoms. The Hall–Kier alpha value is -2.97. The van der Waals surface area contributed by atoms with E-state index in [0.717, 1.165) is 38.0 Å². The number of ether oxygens (including phenoxy) is 1. The zero-order chi connectivity index (χ0) is 24.3. The van der Waals surface area contributed by atoms with Crippen LogP contribution in [0, 0.1) is 11.2 Å². The second-order valence-electron chi connectivity index (χ2n) is 9.09. The highest BCUT2D eigenvalue weighted by Gasteiger charge is 2.42. The first-order valence-electron chi connectivity index (χ1n) is 11.6. The van der Waals surface area contributed by atoms with Crippen LogP contribution in [0.2, 0.25) is 0 Å². The molecule has 2 heterocycles. The number of urea groups is 1. The highest BCUT2D eigenvalue weighted by atomic mass is 19.4. The molecule has 0 aliphatic carbocycles. The number of alkyl halides is 3. The van der Waals surface area contributed by atoms with Crippen LogP contribution >= 0.6 is 0 Å². The molecular weight excluding hydrogens is 450 g/mol. The Bertz CT molecular complexity index is 988. The zero-order valence-corrected chi connectivity index (χ0v) is 19.2. The normalized spacial score (nSPS) is 17.8. The molecule has 0 unspecified atom stereocenters. The minimum atomic E-state index is -4.70. The van der Waals surface area contributed by atoms with Crippen LogP contribution in [0.25, 0.3) is 0 Å². The van der Waals surface area contributed by atoms with Gasteiger partial charge in [0.15, 0.2) is 0 Å². The van der Waals surface area contributed by atoms with Crippen molar-refractivity contribution in [2.75, 3.05) is 37.6 Å². The number of rotatable bonds is 5. The maximum atomic E-state index is 14.1. The zero-order valence-electron chi connectivity index (χ0n) is 19.2. The van der Waals surface area contributed by atoms with Crippen molar-refractivity contribution in [3.63, 3.8) is 0 Å². The monoisotopic (exact) mass is 479 g/mol. The molecule has 0 aromatic heterocycles. The van der Waals surface area contributed by atoms with E-state index in [1.165, 1.54) is 18.2 Å². The fourth-order valence-electron chi connectivity index (χ4n) is 4.94. The van der Waals surface area contributed by atoms with E-state index in [1.807, 2.05) is 11.8 Å². The Morgan fingerprint density at radius 2 is 1.68 bits per heavy atom. The Labute approximate surface area is 196 Å². The van der Waals surface area contributed by atoms with Gasteiger partial charge in [-0.2, -0.15) is 0 Å². The molecule has 0 saturated carbocycles. The van der Waals surface area contributed by atoms with Gasteiger partial charge in [0.2, 0.25) is 0 Å². The van der Waals surface area contributed by atoms with Crippen LogP contribution in [0.3, 0.4) is 0 Å². The lowest BCUT2D eigenvalue weighted by Crippen LogP contribution is -2.49. The number of anilines is 1. The molecule has 0 N–H and O–H groups in total. The molecule has 5 nitrogen and oxygen atoms in total. The van der Waals surface area contributed by atoms with Crippen molar-refractivity contribution in [2.45, 2.75) is 39.1 Å². The third kappa shape index (κ3) is 5.56. The number of piperidine rings is 1. The van der Waals surface area contributed by atoms with Crippen LogP contribution < -0.4 is 9.64 Å². The summed E-state index contributed by atoms with van der Waals surface area (Å²) in [5, 5.41) is 0. The average molecular weight is 480 g/mol. The number of nitrogens with zero attached hydrogens (tertiary/aromatic N) is 3. The summed E-state index contributed by atoms with van der Waals surface area (Å²) in [7, 11) is 0. The van der Waals surface area contributed by atoms with Crippen LogP contribution in [0.5, 0.6) is 5.75 Å². The molecule has 2 amide bonds. The van der Waals surface area contributed by atoms with E-state index in [9.17, 15) is 22.4 Å². The van der Waals surface area contributed by atoms with Gasteiger partial charge in [0, 0.05) is 44.0 Å². The van der Waals surface area contributed by atoms with Gasteiger partial charge in [-0.15, -0.1) is 13.2 Å². The van der Waals surface area contributed by atoms with E-state index in [0.29, 0.717) is 25.2 Å². The molecule has 2 aliphatic rings. The first-order valence-corrected chi connectivity index (χ1v) is 11.6. The first-order chi connectivity index (χ1) is 16.2. The van der Waals surface area contributed by atoms with Crippen molar-refractivity contribution in [3.05, 3.63) is 59.9 Å². The molecule has 9 heteroatoms. The Kier molecular flexibility index (Phi) is 6.91. The number of hydrogen-bond acceptors (Lipinski definition) is 3. The van der Waals surface area contributed by atoms with E-state index < -0.39 is 6.36 Å². The van der Waals surface area contributed by atoms with E-state index in [2.05, 4.69) is 9.64 Å². The fraction of sp³-hybridized carbons (Fsp3) is 0.480. The lowest BCUT2D eigenvalue weighted by molar-refractivity contribution is -0.274. The standard InChI is InChI=1S/C25H29F4N3O2/c1-2-30(17-19-5-3-4-6-22(19)26)23(33)31-14-11-24(12-15-31)13-16-32(18-24)20-7-9-21(10-8-20)34-25(27,28)29/h3-10H,2,11-18H2,1H3. The van der Waals surface area contributed by atoms with Crippen LogP contribution in [-0.2, 0) is 6.54 Å². The molecule has 2 aromatic carbocycles. The van der Waals surface area contributed by atoms with Crippen LogP contribution in [0.1, 0.15) is 31.7 Å². The van der Waals surface area contributed by atoms with Crippen LogP contribution in [-0.4, -0.2) is 54.9 Å². The number of halogens is 4. The van der Waals surface area contributed by atoms with E-state index >= 15 is 0 Å². The van der Waals surface area contributed by atoms with Gasteiger partial charge in [-0.3, -0.25) is 0 Å². The van der Waals surface area contributed by atoms with Crippen molar-refractivity contribution in [3.8, 4) is 5.75 Å². The number of amides is 2. The van der Waals surface area contributed by atoms with Gasteiger partial charge in [-0.25, -0.2) is 9.18 Å². The van der Waals surface area contributed by atoms with Gasteiger partial charge in [-0.05, 0) is 61.9 Å². The summed E-state index contributed by atoms with van der Waals surface area (Å²) in [4.78, 5) is 18.8. The number of benzene rings is 2. The molecule has 4 rings (SSSR count). The average Bonchev–Trinajstić information content (AvgIpc) is 3.21. The molecule has 184 valence electrons. The van der Waals surface area contributed by atoms with Crippen molar-refractivity contribution >= 4 is 11.7 Å². The summed E-state index contributed by atoms with van der Waals surface area (Å²) in [6, 6.07) is 12.4. The third-order valence-electron chi connectivity index (χ3n) is 6.94. The Morgan fingerprint density at radius 3 is 2.29 bits per heavy atom. The van der Waals surface area contributed by atoms with Gasteiger partial charge >= 0.3 is 12.4 Å². The third-order valence-corrected chi connectivity index (χ3v) is 6.94. The smallest absolute Gasteiger partial charge is 0.406 e. The van der Waals surface area contributed by atoms with E-state index in [-0.39, 0.29) is 29.6 Å². The maximum Gasteiger partial charge on any atom is 0.573 e. The van der Waals surface area contributed by atoms with Gasteiger partial charge in [0.05, 0.1) is 6.54 Å². The van der Waals surface area contributed by atoms with Gasteiger partial charge in [0.25, 0.3) is 0 Å². The Morgan fingerprint density at radius 1 is 1.03 bits per heavy atom. The number of carbonyl (C=O) groups excluding carboxylic acids is 1. The molecule has 2 aliphatic heterocycles. The number of likely N-dealkylation sites (tertiary alicyclic amines) is 1. The maximum absolute atomic E-state index is 14.1. The second-order valence-corrected chi connectivity index (χ2v) is 9.09. The predicted octanol–water partition coefficient (Wildman–Crippen LogP) is 5.66. The molecule has 2 aromatic rings. The minimum Gasteiger partial charge on any atom is -0.406 e. The molecule has 2 fully saturated rings. The highest BCUT2D eigenvalue weighted by Crippen LogP contribution is 2.42. The summed E-state index contributed by atoms with van der Waals surface area (Å²) in [5.74, 6) is -0.539. The predicted molar refractivity (Wildman–Crippen MR) is 121 cm³/mol. The lowest BCUT2D eigenvalue weighted by Gasteiger charge is -2.41. The van der Waals surface area contributed by atoms with Gasteiger partial charge < -0.3 is 19.4 Å². The molecule has 34 heavy (non-hydrogen) atoms. The molecule has 2 saturated heterocycles. The van der Waals surface area contributed by atoms with Crippen molar-refractivity contribution in [2.24, 2.45) is 5.41 Å². The minimum absolute atomic E-state index is 0.0734. The number of hydrogen-bond donors (Lipinski definition) is 0. The number of carbonyl (C=O) groups is 1. The summed E-state index contributed by atoms with van der Waals surface area (Å²) >= 11 is 0. The summed E-state index contributed by atoms with van der Waals surface area (Å²) < 4.78 is 55.2. The molecule has 1 spiro atoms. The molecule has 0 atom stereocenters. The second kappa shape index (κ2) is 9.72. The SMILES string of the molecule is CCN(Cc1ccccc1F)C(=O)N1CCC2(CC1)CCN(c1ccc(OC(F)(F)F)cc1)C2.